The van der Waals surface area contributed by atoms with Crippen molar-refractivity contribution < 1.29 is 17.9 Å². The number of anilines is 1. The van der Waals surface area contributed by atoms with Crippen LogP contribution in [0.15, 0.2) is 39.7 Å². The Morgan fingerprint density at radius 1 is 1.35 bits per heavy atom. The highest BCUT2D eigenvalue weighted by Gasteiger charge is 2.34. The highest BCUT2D eigenvalue weighted by molar-refractivity contribution is 9.10. The molecule has 2 unspecified atom stereocenters. The third kappa shape index (κ3) is 5.07. The maximum Gasteiger partial charge on any atom is 0.245 e. The van der Waals surface area contributed by atoms with Crippen LogP contribution < -0.4 is 5.32 Å². The van der Waals surface area contributed by atoms with E-state index >= 15 is 0 Å². The Morgan fingerprint density at radius 3 is 2.94 bits per heavy atom. The SMILES string of the molecule is COCC(Nc1cc(Br)ccc1S(=O)(=O)N1Cc2ccc(Cl)nc2C1)C1CCCOC1. The van der Waals surface area contributed by atoms with E-state index in [1.54, 1.807) is 31.4 Å². The summed E-state index contributed by atoms with van der Waals surface area (Å²) in [6.45, 7) is 2.32. The lowest BCUT2D eigenvalue weighted by Gasteiger charge is -2.32. The van der Waals surface area contributed by atoms with Crippen LogP contribution in [0.4, 0.5) is 5.69 Å². The van der Waals surface area contributed by atoms with E-state index in [2.05, 4.69) is 26.2 Å². The van der Waals surface area contributed by atoms with Crippen molar-refractivity contribution in [2.45, 2.75) is 36.9 Å². The molecular weight excluding hydrogens is 506 g/mol. The highest BCUT2D eigenvalue weighted by atomic mass is 79.9. The number of nitrogens with one attached hydrogen (secondary N) is 1. The van der Waals surface area contributed by atoms with Crippen molar-refractivity contribution in [3.63, 3.8) is 0 Å². The van der Waals surface area contributed by atoms with Gasteiger partial charge in [0.1, 0.15) is 10.0 Å². The number of rotatable bonds is 7. The van der Waals surface area contributed by atoms with Crippen LogP contribution >= 0.6 is 27.5 Å². The van der Waals surface area contributed by atoms with E-state index in [-0.39, 0.29) is 29.9 Å². The van der Waals surface area contributed by atoms with Crippen LogP contribution in [0.2, 0.25) is 5.15 Å². The molecule has 168 valence electrons. The summed E-state index contributed by atoms with van der Waals surface area (Å²) in [5.41, 5.74) is 2.11. The number of halogens is 2. The second-order valence-electron chi connectivity index (χ2n) is 7.84. The number of benzene rings is 1. The van der Waals surface area contributed by atoms with Gasteiger partial charge in [-0.3, -0.25) is 0 Å². The number of methoxy groups -OCH3 is 1. The lowest BCUT2D eigenvalue weighted by molar-refractivity contribution is 0.0342. The Kier molecular flexibility index (Phi) is 7.20. The van der Waals surface area contributed by atoms with E-state index in [0.29, 0.717) is 29.7 Å². The molecule has 0 bridgehead atoms. The van der Waals surface area contributed by atoms with Crippen molar-refractivity contribution in [3.05, 3.63) is 51.2 Å². The largest absolute Gasteiger partial charge is 0.383 e. The summed E-state index contributed by atoms with van der Waals surface area (Å²) in [5.74, 6) is 0.241. The van der Waals surface area contributed by atoms with Gasteiger partial charge in [-0.05, 0) is 42.7 Å². The molecule has 31 heavy (non-hydrogen) atoms. The van der Waals surface area contributed by atoms with E-state index in [0.717, 1.165) is 29.5 Å². The van der Waals surface area contributed by atoms with Crippen LogP contribution in [-0.2, 0) is 32.6 Å². The lowest BCUT2D eigenvalue weighted by atomic mass is 9.94. The number of hydrogen-bond acceptors (Lipinski definition) is 6. The van der Waals surface area contributed by atoms with Gasteiger partial charge in [-0.2, -0.15) is 4.31 Å². The average Bonchev–Trinajstić information content (AvgIpc) is 3.18. The molecule has 0 spiro atoms. The molecule has 2 aliphatic heterocycles. The predicted molar refractivity (Wildman–Crippen MR) is 123 cm³/mol. The Bertz CT molecular complexity index is 1050. The van der Waals surface area contributed by atoms with Crippen LogP contribution in [0.25, 0.3) is 0 Å². The fourth-order valence-electron chi connectivity index (χ4n) is 4.10. The van der Waals surface area contributed by atoms with E-state index in [9.17, 15) is 8.42 Å². The summed E-state index contributed by atoms with van der Waals surface area (Å²) in [7, 11) is -2.11. The van der Waals surface area contributed by atoms with Gasteiger partial charge in [0.2, 0.25) is 10.0 Å². The first-order valence-electron chi connectivity index (χ1n) is 10.2. The zero-order valence-corrected chi connectivity index (χ0v) is 20.3. The Morgan fingerprint density at radius 2 is 2.19 bits per heavy atom. The number of fused-ring (bicyclic) bond motifs is 1. The summed E-state index contributed by atoms with van der Waals surface area (Å²) >= 11 is 9.46. The van der Waals surface area contributed by atoms with Gasteiger partial charge < -0.3 is 14.8 Å². The van der Waals surface area contributed by atoms with Gasteiger partial charge in [-0.1, -0.05) is 33.6 Å². The van der Waals surface area contributed by atoms with Gasteiger partial charge in [0.15, 0.2) is 0 Å². The second kappa shape index (κ2) is 9.72. The molecule has 2 atom stereocenters. The fraction of sp³-hybridized carbons (Fsp3) is 0.476. The Labute approximate surface area is 196 Å². The molecule has 1 N–H and O–H groups in total. The summed E-state index contributed by atoms with van der Waals surface area (Å²) in [6, 6.07) is 8.63. The first kappa shape index (κ1) is 22.9. The summed E-state index contributed by atoms with van der Waals surface area (Å²) in [4.78, 5) is 4.52. The summed E-state index contributed by atoms with van der Waals surface area (Å²) < 4.78 is 40.5. The third-order valence-corrected chi connectivity index (χ3v) is 8.27. The quantitative estimate of drug-likeness (QED) is 0.544. The molecule has 10 heteroatoms. The number of aromatic nitrogens is 1. The second-order valence-corrected chi connectivity index (χ2v) is 11.0. The molecule has 2 aromatic rings. The van der Waals surface area contributed by atoms with Gasteiger partial charge in [-0.15, -0.1) is 0 Å². The minimum Gasteiger partial charge on any atom is -0.383 e. The number of sulfonamides is 1. The average molecular weight is 531 g/mol. The van der Waals surface area contributed by atoms with Crippen LogP contribution in [0.1, 0.15) is 24.1 Å². The zero-order valence-electron chi connectivity index (χ0n) is 17.2. The normalized spacial score (nSPS) is 20.4. The van der Waals surface area contributed by atoms with Crippen molar-refractivity contribution in [2.75, 3.05) is 32.2 Å². The Balaban J connectivity index is 1.63. The van der Waals surface area contributed by atoms with Crippen molar-refractivity contribution in [1.82, 2.24) is 9.29 Å². The molecule has 7 nitrogen and oxygen atoms in total. The first-order valence-corrected chi connectivity index (χ1v) is 12.8. The number of hydrogen-bond donors (Lipinski definition) is 1. The molecule has 1 aromatic heterocycles. The van der Waals surface area contributed by atoms with E-state index < -0.39 is 10.0 Å². The minimum atomic E-state index is -3.76. The lowest BCUT2D eigenvalue weighted by Crippen LogP contribution is -2.39. The standard InChI is InChI=1S/C21H25BrClN3O4S/c1-29-13-19(15-3-2-8-30-12-15)24-17-9-16(22)5-6-20(17)31(27,28)26-10-14-4-7-21(23)25-18(14)11-26/h4-7,9,15,19,24H,2-3,8,10-13H2,1H3. The summed E-state index contributed by atoms with van der Waals surface area (Å²) in [6.07, 6.45) is 1.99. The van der Waals surface area contributed by atoms with Gasteiger partial charge in [0.05, 0.1) is 37.2 Å². The number of nitrogens with zero attached hydrogens (tertiary/aromatic N) is 2. The van der Waals surface area contributed by atoms with Crippen LogP contribution in [0.3, 0.4) is 0 Å². The smallest absolute Gasteiger partial charge is 0.245 e. The minimum absolute atomic E-state index is 0.0650. The predicted octanol–water partition coefficient (Wildman–Crippen LogP) is 4.06. The molecule has 1 saturated heterocycles. The maximum absolute atomic E-state index is 13.6. The van der Waals surface area contributed by atoms with Crippen molar-refractivity contribution in [2.24, 2.45) is 5.92 Å². The van der Waals surface area contributed by atoms with Gasteiger partial charge >= 0.3 is 0 Å². The van der Waals surface area contributed by atoms with Crippen molar-refractivity contribution in [3.8, 4) is 0 Å². The molecule has 1 fully saturated rings. The van der Waals surface area contributed by atoms with Crippen molar-refractivity contribution in [1.29, 1.82) is 0 Å². The molecule has 4 rings (SSSR count). The fourth-order valence-corrected chi connectivity index (χ4v) is 6.15. The van der Waals surface area contributed by atoms with E-state index in [4.69, 9.17) is 21.1 Å². The molecule has 0 aliphatic carbocycles. The molecule has 0 amide bonds. The van der Waals surface area contributed by atoms with Gasteiger partial charge in [-0.25, -0.2) is 13.4 Å². The monoisotopic (exact) mass is 529 g/mol. The van der Waals surface area contributed by atoms with Crippen LogP contribution in [0, 0.1) is 5.92 Å². The van der Waals surface area contributed by atoms with Crippen LogP contribution in [0.5, 0.6) is 0 Å². The number of pyridine rings is 1. The third-order valence-electron chi connectivity index (χ3n) is 5.72. The highest BCUT2D eigenvalue weighted by Crippen LogP contribution is 2.34. The van der Waals surface area contributed by atoms with E-state index in [1.165, 1.54) is 4.31 Å². The Hall–Kier alpha value is -1.23. The first-order chi connectivity index (χ1) is 14.9. The van der Waals surface area contributed by atoms with Gasteiger partial charge in [0.25, 0.3) is 0 Å². The topological polar surface area (TPSA) is 80.8 Å². The number of ether oxygens (including phenoxy) is 2. The molecular formula is C21H25BrClN3O4S. The molecule has 0 radical (unpaired) electrons. The molecule has 0 saturated carbocycles. The van der Waals surface area contributed by atoms with Crippen molar-refractivity contribution >= 4 is 43.2 Å². The van der Waals surface area contributed by atoms with Crippen LogP contribution in [-0.4, -0.2) is 50.7 Å². The zero-order chi connectivity index (χ0) is 22.0. The molecule has 1 aromatic carbocycles. The maximum atomic E-state index is 13.6. The molecule has 2 aliphatic rings. The molecule has 3 heterocycles. The van der Waals surface area contributed by atoms with Gasteiger partial charge in [0, 0.05) is 30.7 Å². The summed E-state index contributed by atoms with van der Waals surface area (Å²) in [5, 5.41) is 3.80. The van der Waals surface area contributed by atoms with E-state index in [1.807, 2.05) is 6.07 Å².